The van der Waals surface area contributed by atoms with Crippen LogP contribution in [0.5, 0.6) is 0 Å². The van der Waals surface area contributed by atoms with Gasteiger partial charge >= 0.3 is 0 Å². The van der Waals surface area contributed by atoms with E-state index in [1.807, 2.05) is 13.8 Å². The van der Waals surface area contributed by atoms with E-state index in [9.17, 15) is 4.79 Å². The first kappa shape index (κ1) is 13.8. The second-order valence-corrected chi connectivity index (χ2v) is 5.52. The van der Waals surface area contributed by atoms with Crippen LogP contribution in [0.2, 0.25) is 0 Å². The number of aryl methyl sites for hydroxylation is 2. The lowest BCUT2D eigenvalue weighted by Gasteiger charge is -2.11. The van der Waals surface area contributed by atoms with E-state index < -0.39 is 0 Å². The summed E-state index contributed by atoms with van der Waals surface area (Å²) >= 11 is 1.68. The minimum atomic E-state index is 0.0106. The molecule has 0 saturated heterocycles. The van der Waals surface area contributed by atoms with E-state index in [-0.39, 0.29) is 5.91 Å². The number of nitrogens with one attached hydrogen (secondary N) is 1. The molecule has 102 valence electrons. The summed E-state index contributed by atoms with van der Waals surface area (Å²) in [6, 6.07) is 2.09. The summed E-state index contributed by atoms with van der Waals surface area (Å²) in [6.45, 7) is 6.45. The SMILES string of the molecule is Cc1noc(C)c1CC(=O)NCC(C)c1ccsc1. The molecule has 1 amide bonds. The van der Waals surface area contributed by atoms with Crippen molar-refractivity contribution in [1.82, 2.24) is 10.5 Å². The maximum Gasteiger partial charge on any atom is 0.224 e. The molecule has 19 heavy (non-hydrogen) atoms. The molecule has 2 heterocycles. The summed E-state index contributed by atoms with van der Waals surface area (Å²) in [4.78, 5) is 11.9. The maximum absolute atomic E-state index is 11.9. The number of hydrogen-bond donors (Lipinski definition) is 1. The zero-order chi connectivity index (χ0) is 13.8. The molecule has 0 spiro atoms. The van der Waals surface area contributed by atoms with Crippen molar-refractivity contribution in [2.24, 2.45) is 0 Å². The van der Waals surface area contributed by atoms with E-state index in [0.29, 0.717) is 18.9 Å². The number of hydrogen-bond acceptors (Lipinski definition) is 4. The minimum absolute atomic E-state index is 0.0106. The first-order valence-corrected chi connectivity index (χ1v) is 7.22. The van der Waals surface area contributed by atoms with E-state index in [1.54, 1.807) is 11.3 Å². The van der Waals surface area contributed by atoms with E-state index in [2.05, 4.69) is 34.2 Å². The molecule has 2 aromatic heterocycles. The van der Waals surface area contributed by atoms with E-state index in [4.69, 9.17) is 4.52 Å². The van der Waals surface area contributed by atoms with E-state index in [0.717, 1.165) is 17.0 Å². The molecule has 4 nitrogen and oxygen atoms in total. The summed E-state index contributed by atoms with van der Waals surface area (Å²) in [5.74, 6) is 1.06. The third kappa shape index (κ3) is 3.44. The number of rotatable bonds is 5. The van der Waals surface area contributed by atoms with Gasteiger partial charge in [-0.25, -0.2) is 0 Å². The lowest BCUT2D eigenvalue weighted by Crippen LogP contribution is -2.29. The molecule has 2 aromatic rings. The number of aromatic nitrogens is 1. The highest BCUT2D eigenvalue weighted by Crippen LogP contribution is 2.17. The number of nitrogens with zero attached hydrogens (tertiary/aromatic N) is 1. The smallest absolute Gasteiger partial charge is 0.224 e. The second-order valence-electron chi connectivity index (χ2n) is 4.74. The van der Waals surface area contributed by atoms with Gasteiger partial charge in [0.2, 0.25) is 5.91 Å². The summed E-state index contributed by atoms with van der Waals surface area (Å²) in [5, 5.41) is 11.0. The van der Waals surface area contributed by atoms with Crippen molar-refractivity contribution in [3.63, 3.8) is 0 Å². The average molecular weight is 278 g/mol. The zero-order valence-electron chi connectivity index (χ0n) is 11.4. The van der Waals surface area contributed by atoms with Gasteiger partial charge in [0.1, 0.15) is 5.76 Å². The summed E-state index contributed by atoms with van der Waals surface area (Å²) < 4.78 is 5.05. The van der Waals surface area contributed by atoms with Gasteiger partial charge in [-0.05, 0) is 42.2 Å². The van der Waals surface area contributed by atoms with Crippen LogP contribution in [0, 0.1) is 13.8 Å². The highest BCUT2D eigenvalue weighted by molar-refractivity contribution is 7.07. The monoisotopic (exact) mass is 278 g/mol. The number of thiophene rings is 1. The molecule has 0 aliphatic carbocycles. The van der Waals surface area contributed by atoms with E-state index >= 15 is 0 Å². The van der Waals surface area contributed by atoms with Gasteiger partial charge in [0.25, 0.3) is 0 Å². The Labute approximate surface area is 116 Å². The van der Waals surface area contributed by atoms with Crippen LogP contribution in [-0.4, -0.2) is 17.6 Å². The first-order chi connectivity index (χ1) is 9.08. The number of carbonyl (C=O) groups is 1. The van der Waals surface area contributed by atoms with Crippen molar-refractivity contribution in [2.45, 2.75) is 33.1 Å². The van der Waals surface area contributed by atoms with Crippen LogP contribution in [0.25, 0.3) is 0 Å². The summed E-state index contributed by atoms with van der Waals surface area (Å²) in [5.41, 5.74) is 2.95. The van der Waals surface area contributed by atoms with Crippen molar-refractivity contribution in [1.29, 1.82) is 0 Å². The Morgan fingerprint density at radius 2 is 2.32 bits per heavy atom. The third-order valence-corrected chi connectivity index (χ3v) is 3.94. The molecular weight excluding hydrogens is 260 g/mol. The van der Waals surface area contributed by atoms with Gasteiger partial charge in [-0.15, -0.1) is 0 Å². The first-order valence-electron chi connectivity index (χ1n) is 6.28. The number of carbonyl (C=O) groups excluding carboxylic acids is 1. The van der Waals surface area contributed by atoms with Crippen molar-refractivity contribution < 1.29 is 9.32 Å². The Hall–Kier alpha value is -1.62. The number of amides is 1. The predicted molar refractivity (Wildman–Crippen MR) is 75.4 cm³/mol. The Kier molecular flexibility index (Phi) is 4.37. The highest BCUT2D eigenvalue weighted by Gasteiger charge is 2.14. The van der Waals surface area contributed by atoms with Gasteiger partial charge in [0.05, 0.1) is 12.1 Å². The standard InChI is InChI=1S/C14H18N2O2S/c1-9(12-4-5-19-8-12)7-15-14(17)6-13-10(2)16-18-11(13)3/h4-5,8-9H,6-7H2,1-3H3,(H,15,17). The molecule has 0 aromatic carbocycles. The van der Waals surface area contributed by atoms with Crippen molar-refractivity contribution in [3.05, 3.63) is 39.4 Å². The van der Waals surface area contributed by atoms with Crippen LogP contribution in [0.4, 0.5) is 0 Å². The molecule has 0 radical (unpaired) electrons. The fraction of sp³-hybridized carbons (Fsp3) is 0.429. The lowest BCUT2D eigenvalue weighted by atomic mass is 10.0. The predicted octanol–water partition coefficient (Wildman–Crippen LogP) is 2.82. The van der Waals surface area contributed by atoms with Crippen LogP contribution < -0.4 is 5.32 Å². The van der Waals surface area contributed by atoms with Gasteiger partial charge in [-0.3, -0.25) is 4.79 Å². The summed E-state index contributed by atoms with van der Waals surface area (Å²) in [7, 11) is 0. The molecular formula is C14H18N2O2S. The van der Waals surface area contributed by atoms with Gasteiger partial charge in [-0.2, -0.15) is 11.3 Å². The Morgan fingerprint density at radius 1 is 1.53 bits per heavy atom. The van der Waals surface area contributed by atoms with Crippen LogP contribution >= 0.6 is 11.3 Å². The molecule has 1 N–H and O–H groups in total. The van der Waals surface area contributed by atoms with Crippen LogP contribution in [-0.2, 0) is 11.2 Å². The fourth-order valence-corrected chi connectivity index (χ4v) is 2.70. The van der Waals surface area contributed by atoms with Gasteiger partial charge in [-0.1, -0.05) is 12.1 Å². The quantitative estimate of drug-likeness (QED) is 0.915. The molecule has 0 bridgehead atoms. The van der Waals surface area contributed by atoms with Crippen molar-refractivity contribution in [3.8, 4) is 0 Å². The van der Waals surface area contributed by atoms with Gasteiger partial charge in [0.15, 0.2) is 0 Å². The largest absolute Gasteiger partial charge is 0.361 e. The molecule has 0 aliphatic heterocycles. The highest BCUT2D eigenvalue weighted by atomic mass is 32.1. The third-order valence-electron chi connectivity index (χ3n) is 3.24. The second kappa shape index (κ2) is 6.02. The molecule has 1 atom stereocenters. The van der Waals surface area contributed by atoms with Crippen LogP contribution in [0.15, 0.2) is 21.3 Å². The van der Waals surface area contributed by atoms with Gasteiger partial charge in [0, 0.05) is 12.1 Å². The Balaban J connectivity index is 1.85. The van der Waals surface area contributed by atoms with Gasteiger partial charge < -0.3 is 9.84 Å². The summed E-state index contributed by atoms with van der Waals surface area (Å²) in [6.07, 6.45) is 0.331. The van der Waals surface area contributed by atoms with Crippen molar-refractivity contribution in [2.75, 3.05) is 6.54 Å². The van der Waals surface area contributed by atoms with Crippen LogP contribution in [0.1, 0.15) is 35.4 Å². The molecule has 5 heteroatoms. The normalized spacial score (nSPS) is 12.4. The molecule has 2 rings (SSSR count). The molecule has 0 saturated carbocycles. The Morgan fingerprint density at radius 3 is 2.89 bits per heavy atom. The minimum Gasteiger partial charge on any atom is -0.361 e. The molecule has 0 aliphatic rings. The van der Waals surface area contributed by atoms with Crippen LogP contribution in [0.3, 0.4) is 0 Å². The molecule has 1 unspecified atom stereocenters. The average Bonchev–Trinajstić information content (AvgIpc) is 3.01. The Bertz CT molecular complexity index is 526. The topological polar surface area (TPSA) is 55.1 Å². The lowest BCUT2D eigenvalue weighted by molar-refractivity contribution is -0.120. The van der Waals surface area contributed by atoms with E-state index in [1.165, 1.54) is 5.56 Å². The van der Waals surface area contributed by atoms with Crippen molar-refractivity contribution >= 4 is 17.2 Å². The zero-order valence-corrected chi connectivity index (χ0v) is 12.2. The fourth-order valence-electron chi connectivity index (χ4n) is 1.92. The maximum atomic E-state index is 11.9. The molecule has 0 fully saturated rings.